The third-order valence-electron chi connectivity index (χ3n) is 4.22. The van der Waals surface area contributed by atoms with Crippen LogP contribution in [0.15, 0.2) is 47.4 Å². The van der Waals surface area contributed by atoms with Crippen molar-refractivity contribution in [3.8, 4) is 11.5 Å². The molecule has 1 unspecified atom stereocenters. The highest BCUT2D eigenvalue weighted by Crippen LogP contribution is 2.29. The molecule has 0 bridgehead atoms. The number of amides is 1. The zero-order valence-electron chi connectivity index (χ0n) is 14.3. The predicted octanol–water partition coefficient (Wildman–Crippen LogP) is 3.90. The third kappa shape index (κ3) is 4.92. The van der Waals surface area contributed by atoms with E-state index in [2.05, 4.69) is 18.3 Å². The topological polar surface area (TPSA) is 58.6 Å². The Morgan fingerprint density at radius 3 is 2.88 bits per heavy atom. The van der Waals surface area contributed by atoms with E-state index in [-0.39, 0.29) is 11.7 Å². The number of hydrogen-bond acceptors (Lipinski definition) is 4. The van der Waals surface area contributed by atoms with E-state index in [4.69, 9.17) is 4.74 Å². The molecule has 1 amide bonds. The van der Waals surface area contributed by atoms with Crippen molar-refractivity contribution in [2.75, 3.05) is 6.61 Å². The summed E-state index contributed by atoms with van der Waals surface area (Å²) in [6.07, 6.45) is 2.26. The fourth-order valence-electron chi connectivity index (χ4n) is 2.86. The van der Waals surface area contributed by atoms with Crippen LogP contribution in [-0.2, 0) is 17.8 Å². The number of nitrogens with one attached hydrogen (secondary N) is 1. The summed E-state index contributed by atoms with van der Waals surface area (Å²) < 4.78 is 5.66. The molecule has 2 N–H and O–H groups in total. The number of rotatable bonds is 7. The lowest BCUT2D eigenvalue weighted by Crippen LogP contribution is -2.23. The molecule has 132 valence electrons. The van der Waals surface area contributed by atoms with Crippen molar-refractivity contribution in [1.29, 1.82) is 0 Å². The van der Waals surface area contributed by atoms with Crippen LogP contribution in [0.2, 0.25) is 0 Å². The molecule has 4 nitrogen and oxygen atoms in total. The largest absolute Gasteiger partial charge is 0.508 e. The standard InChI is InChI=1S/C20H23NO3S/c1-14(25-18-8-6-17(22)7-9-18)5-10-19(23)21-13-16-4-2-3-15-11-12-24-20(15)16/h2-4,6-9,14,22H,5,10-13H2,1H3,(H,21,23). The van der Waals surface area contributed by atoms with Gasteiger partial charge < -0.3 is 15.2 Å². The van der Waals surface area contributed by atoms with Gasteiger partial charge in [-0.1, -0.05) is 25.1 Å². The van der Waals surface area contributed by atoms with Gasteiger partial charge in [0.2, 0.25) is 5.91 Å². The Kier molecular flexibility index (Phi) is 5.87. The number of ether oxygens (including phenoxy) is 1. The van der Waals surface area contributed by atoms with Crippen LogP contribution in [-0.4, -0.2) is 22.9 Å². The van der Waals surface area contributed by atoms with E-state index in [9.17, 15) is 9.90 Å². The van der Waals surface area contributed by atoms with Gasteiger partial charge in [-0.25, -0.2) is 0 Å². The summed E-state index contributed by atoms with van der Waals surface area (Å²) in [5, 5.41) is 12.6. The lowest BCUT2D eigenvalue weighted by Gasteiger charge is -2.12. The summed E-state index contributed by atoms with van der Waals surface area (Å²) >= 11 is 1.71. The molecule has 1 aliphatic heterocycles. The van der Waals surface area contributed by atoms with Crippen LogP contribution in [0, 0.1) is 0 Å². The van der Waals surface area contributed by atoms with E-state index >= 15 is 0 Å². The molecule has 2 aromatic rings. The SMILES string of the molecule is CC(CCC(=O)NCc1cccc2c1OCC2)Sc1ccc(O)cc1. The zero-order chi connectivity index (χ0) is 17.6. The van der Waals surface area contributed by atoms with Crippen LogP contribution < -0.4 is 10.1 Å². The highest BCUT2D eigenvalue weighted by atomic mass is 32.2. The Morgan fingerprint density at radius 1 is 1.28 bits per heavy atom. The van der Waals surface area contributed by atoms with Crippen molar-refractivity contribution in [2.45, 2.75) is 42.9 Å². The number of hydrogen-bond donors (Lipinski definition) is 2. The quantitative estimate of drug-likeness (QED) is 0.738. The minimum absolute atomic E-state index is 0.0637. The summed E-state index contributed by atoms with van der Waals surface area (Å²) in [6, 6.07) is 13.3. The summed E-state index contributed by atoms with van der Waals surface area (Å²) in [6.45, 7) is 3.36. The van der Waals surface area contributed by atoms with Gasteiger partial charge in [0.15, 0.2) is 0 Å². The first-order valence-electron chi connectivity index (χ1n) is 8.58. The van der Waals surface area contributed by atoms with Crippen molar-refractivity contribution in [1.82, 2.24) is 5.32 Å². The highest BCUT2D eigenvalue weighted by molar-refractivity contribution is 7.99. The fourth-order valence-corrected chi connectivity index (χ4v) is 3.85. The molecule has 0 fully saturated rings. The van der Waals surface area contributed by atoms with E-state index in [1.807, 2.05) is 24.3 Å². The smallest absolute Gasteiger partial charge is 0.220 e. The lowest BCUT2D eigenvalue weighted by atomic mass is 10.1. The molecule has 0 saturated heterocycles. The highest BCUT2D eigenvalue weighted by Gasteiger charge is 2.16. The Balaban J connectivity index is 1.42. The molecule has 1 aliphatic rings. The average molecular weight is 357 g/mol. The number of para-hydroxylation sites is 1. The minimum Gasteiger partial charge on any atom is -0.508 e. The monoisotopic (exact) mass is 357 g/mol. The van der Waals surface area contributed by atoms with Gasteiger partial charge in [0.25, 0.3) is 0 Å². The van der Waals surface area contributed by atoms with Gasteiger partial charge in [-0.05, 0) is 36.2 Å². The van der Waals surface area contributed by atoms with Gasteiger partial charge in [-0.2, -0.15) is 0 Å². The second-order valence-electron chi connectivity index (χ2n) is 6.24. The Labute approximate surface area is 152 Å². The second-order valence-corrected chi connectivity index (χ2v) is 7.75. The summed E-state index contributed by atoms with van der Waals surface area (Å²) in [4.78, 5) is 13.2. The molecule has 0 radical (unpaired) electrons. The third-order valence-corrected chi connectivity index (χ3v) is 5.41. The molecule has 5 heteroatoms. The number of fused-ring (bicyclic) bond motifs is 1. The van der Waals surface area contributed by atoms with Crippen molar-refractivity contribution in [3.63, 3.8) is 0 Å². The zero-order valence-corrected chi connectivity index (χ0v) is 15.1. The van der Waals surface area contributed by atoms with Gasteiger partial charge in [0, 0.05) is 35.1 Å². The number of phenolic OH excluding ortho intramolecular Hbond substituents is 1. The van der Waals surface area contributed by atoms with Gasteiger partial charge in [-0.15, -0.1) is 11.8 Å². The molecule has 1 heterocycles. The lowest BCUT2D eigenvalue weighted by molar-refractivity contribution is -0.121. The maximum atomic E-state index is 12.1. The van der Waals surface area contributed by atoms with Crippen molar-refractivity contribution >= 4 is 17.7 Å². The Morgan fingerprint density at radius 2 is 2.08 bits per heavy atom. The number of phenols is 1. The molecule has 2 aromatic carbocycles. The number of benzene rings is 2. The first kappa shape index (κ1) is 17.7. The van der Waals surface area contributed by atoms with Crippen molar-refractivity contribution in [3.05, 3.63) is 53.6 Å². The van der Waals surface area contributed by atoms with Gasteiger partial charge >= 0.3 is 0 Å². The molecule has 25 heavy (non-hydrogen) atoms. The van der Waals surface area contributed by atoms with Crippen LogP contribution in [0.1, 0.15) is 30.9 Å². The second kappa shape index (κ2) is 8.30. The maximum absolute atomic E-state index is 12.1. The van der Waals surface area contributed by atoms with Crippen LogP contribution in [0.3, 0.4) is 0 Å². The average Bonchev–Trinajstić information content (AvgIpc) is 3.09. The van der Waals surface area contributed by atoms with E-state index < -0.39 is 0 Å². The normalized spacial score (nSPS) is 13.8. The van der Waals surface area contributed by atoms with Crippen LogP contribution in [0.4, 0.5) is 0 Å². The van der Waals surface area contributed by atoms with Crippen LogP contribution >= 0.6 is 11.8 Å². The first-order chi connectivity index (χ1) is 12.1. The first-order valence-corrected chi connectivity index (χ1v) is 9.46. The molecule has 3 rings (SSSR count). The van der Waals surface area contributed by atoms with Gasteiger partial charge in [-0.3, -0.25) is 4.79 Å². The molecule has 1 atom stereocenters. The van der Waals surface area contributed by atoms with Crippen LogP contribution in [0.5, 0.6) is 11.5 Å². The van der Waals surface area contributed by atoms with Crippen molar-refractivity contribution < 1.29 is 14.6 Å². The molecular weight excluding hydrogens is 334 g/mol. The number of aromatic hydroxyl groups is 1. The Bertz CT molecular complexity index is 730. The number of carbonyl (C=O) groups excluding carboxylic acids is 1. The minimum atomic E-state index is 0.0637. The molecular formula is C20H23NO3S. The van der Waals surface area contributed by atoms with Crippen LogP contribution in [0.25, 0.3) is 0 Å². The van der Waals surface area contributed by atoms with Crippen molar-refractivity contribution in [2.24, 2.45) is 0 Å². The fraction of sp³-hybridized carbons (Fsp3) is 0.350. The Hall–Kier alpha value is -2.14. The summed E-state index contributed by atoms with van der Waals surface area (Å²) in [5.41, 5.74) is 2.28. The number of thioether (sulfide) groups is 1. The van der Waals surface area contributed by atoms with Gasteiger partial charge in [0.05, 0.1) is 6.61 Å². The maximum Gasteiger partial charge on any atom is 0.220 e. The van der Waals surface area contributed by atoms with E-state index in [1.165, 1.54) is 5.56 Å². The molecule has 0 saturated carbocycles. The molecule has 0 aromatic heterocycles. The molecule has 0 aliphatic carbocycles. The molecule has 0 spiro atoms. The number of carbonyl (C=O) groups is 1. The summed E-state index contributed by atoms with van der Waals surface area (Å²) in [5.74, 6) is 1.28. The predicted molar refractivity (Wildman–Crippen MR) is 100 cm³/mol. The van der Waals surface area contributed by atoms with Gasteiger partial charge in [0.1, 0.15) is 11.5 Å². The van der Waals surface area contributed by atoms with E-state index in [1.54, 1.807) is 23.9 Å². The summed E-state index contributed by atoms with van der Waals surface area (Å²) in [7, 11) is 0. The van der Waals surface area contributed by atoms with E-state index in [0.717, 1.165) is 35.7 Å². The van der Waals surface area contributed by atoms with E-state index in [0.29, 0.717) is 18.2 Å².